The minimum atomic E-state index is -1.01. The summed E-state index contributed by atoms with van der Waals surface area (Å²) in [5, 5.41) is 0. The smallest absolute Gasteiger partial charge is 0.350 e. The normalized spacial score (nSPS) is 19.8. The number of para-hydroxylation sites is 1. The highest BCUT2D eigenvalue weighted by molar-refractivity contribution is 6.05. The number of unbranched alkanes of at least 4 members (excludes halogenated alkanes) is 1. The van der Waals surface area contributed by atoms with Gasteiger partial charge in [0.1, 0.15) is 11.8 Å². The van der Waals surface area contributed by atoms with Crippen molar-refractivity contribution in [2.24, 2.45) is 0 Å². The maximum absolute atomic E-state index is 12.8. The highest BCUT2D eigenvalue weighted by Crippen LogP contribution is 2.33. The molecule has 0 radical (unpaired) electrons. The molecule has 0 bridgehead atoms. The summed E-state index contributed by atoms with van der Waals surface area (Å²) in [7, 11) is 0. The summed E-state index contributed by atoms with van der Waals surface area (Å²) in [6, 6.07) is 6.11. The SMILES string of the molecule is CCCCOC(=O)C1Oc2ccccc2C(=O)C1n1ccnc1. The molecule has 120 valence electrons. The van der Waals surface area contributed by atoms with Gasteiger partial charge in [0.25, 0.3) is 0 Å². The first-order valence-corrected chi connectivity index (χ1v) is 7.66. The lowest BCUT2D eigenvalue weighted by Gasteiger charge is -2.31. The maximum Gasteiger partial charge on any atom is 0.350 e. The number of carbonyl (C=O) groups excluding carboxylic acids is 2. The van der Waals surface area contributed by atoms with Gasteiger partial charge in [0.05, 0.1) is 18.5 Å². The van der Waals surface area contributed by atoms with Gasteiger partial charge in [-0.3, -0.25) is 4.79 Å². The quantitative estimate of drug-likeness (QED) is 0.626. The van der Waals surface area contributed by atoms with E-state index in [4.69, 9.17) is 9.47 Å². The number of hydrogen-bond acceptors (Lipinski definition) is 5. The first-order chi connectivity index (χ1) is 11.2. The van der Waals surface area contributed by atoms with E-state index in [1.165, 1.54) is 6.33 Å². The molecule has 2 atom stereocenters. The molecule has 0 saturated heterocycles. The molecule has 0 N–H and O–H groups in total. The van der Waals surface area contributed by atoms with E-state index in [0.717, 1.165) is 12.8 Å². The standard InChI is InChI=1S/C17H18N2O4/c1-2-3-10-22-17(21)16-14(19-9-8-18-11-19)15(20)12-6-4-5-7-13(12)23-16/h4-9,11,14,16H,2-3,10H2,1H3. The van der Waals surface area contributed by atoms with Gasteiger partial charge in [-0.1, -0.05) is 25.5 Å². The summed E-state index contributed by atoms with van der Waals surface area (Å²) in [4.78, 5) is 29.2. The number of ether oxygens (including phenoxy) is 2. The van der Waals surface area contributed by atoms with Crippen molar-refractivity contribution < 1.29 is 19.1 Å². The number of imidazole rings is 1. The van der Waals surface area contributed by atoms with Crippen LogP contribution in [0.25, 0.3) is 0 Å². The Bertz CT molecular complexity index is 696. The van der Waals surface area contributed by atoms with Crippen LogP contribution in [0.5, 0.6) is 5.75 Å². The van der Waals surface area contributed by atoms with E-state index in [9.17, 15) is 9.59 Å². The Balaban J connectivity index is 1.92. The molecule has 0 fully saturated rings. The molecule has 1 aromatic heterocycles. The number of hydrogen-bond donors (Lipinski definition) is 0. The minimum Gasteiger partial charge on any atom is -0.475 e. The zero-order chi connectivity index (χ0) is 16.2. The first-order valence-electron chi connectivity index (χ1n) is 7.66. The minimum absolute atomic E-state index is 0.178. The molecule has 2 aromatic rings. The molecule has 0 spiro atoms. The number of rotatable bonds is 5. The fourth-order valence-electron chi connectivity index (χ4n) is 2.57. The molecular formula is C17H18N2O4. The molecule has 6 nitrogen and oxygen atoms in total. The molecule has 23 heavy (non-hydrogen) atoms. The van der Waals surface area contributed by atoms with Crippen molar-refractivity contribution in [2.75, 3.05) is 6.61 Å². The van der Waals surface area contributed by atoms with Crippen LogP contribution in [0.15, 0.2) is 43.0 Å². The lowest BCUT2D eigenvalue weighted by molar-refractivity contribution is -0.154. The summed E-state index contributed by atoms with van der Waals surface area (Å²) in [6.45, 7) is 2.33. The van der Waals surface area contributed by atoms with Crippen LogP contribution in [0, 0.1) is 0 Å². The largest absolute Gasteiger partial charge is 0.475 e. The summed E-state index contributed by atoms with van der Waals surface area (Å²) < 4.78 is 12.6. The molecule has 0 amide bonds. The lowest BCUT2D eigenvalue weighted by Crippen LogP contribution is -2.45. The maximum atomic E-state index is 12.8. The molecule has 1 aliphatic heterocycles. The van der Waals surface area contributed by atoms with Gasteiger partial charge in [0.2, 0.25) is 6.10 Å². The summed E-state index contributed by atoms with van der Waals surface area (Å²) in [5.41, 5.74) is 0.462. The van der Waals surface area contributed by atoms with Crippen LogP contribution in [-0.2, 0) is 9.53 Å². The zero-order valence-corrected chi connectivity index (χ0v) is 12.8. The van der Waals surface area contributed by atoms with Crippen molar-refractivity contribution in [1.29, 1.82) is 0 Å². The average molecular weight is 314 g/mol. The number of ketones is 1. The van der Waals surface area contributed by atoms with E-state index in [2.05, 4.69) is 4.98 Å². The number of aromatic nitrogens is 2. The van der Waals surface area contributed by atoms with E-state index < -0.39 is 18.1 Å². The van der Waals surface area contributed by atoms with Gasteiger partial charge in [-0.05, 0) is 18.6 Å². The molecule has 2 unspecified atom stereocenters. The monoisotopic (exact) mass is 314 g/mol. The van der Waals surface area contributed by atoms with Crippen LogP contribution >= 0.6 is 0 Å². The second kappa shape index (κ2) is 6.64. The third-order valence-electron chi connectivity index (χ3n) is 3.78. The van der Waals surface area contributed by atoms with E-state index >= 15 is 0 Å². The highest BCUT2D eigenvalue weighted by atomic mass is 16.6. The number of carbonyl (C=O) groups is 2. The fourth-order valence-corrected chi connectivity index (χ4v) is 2.57. The van der Waals surface area contributed by atoms with E-state index in [-0.39, 0.29) is 5.78 Å². The number of fused-ring (bicyclic) bond motifs is 1. The van der Waals surface area contributed by atoms with Crippen molar-refractivity contribution in [3.8, 4) is 5.75 Å². The Morgan fingerprint density at radius 2 is 2.22 bits per heavy atom. The molecular weight excluding hydrogens is 296 g/mol. The Morgan fingerprint density at radius 3 is 2.96 bits per heavy atom. The van der Waals surface area contributed by atoms with Crippen LogP contribution < -0.4 is 4.74 Å². The summed E-state index contributed by atoms with van der Waals surface area (Å²) in [5.74, 6) is -0.298. The molecule has 2 heterocycles. The van der Waals surface area contributed by atoms with Crippen LogP contribution in [0.4, 0.5) is 0 Å². The second-order valence-corrected chi connectivity index (χ2v) is 5.37. The first kappa shape index (κ1) is 15.3. The Labute approximate surface area is 134 Å². The predicted molar refractivity (Wildman–Crippen MR) is 82.3 cm³/mol. The van der Waals surface area contributed by atoms with Crippen molar-refractivity contribution in [1.82, 2.24) is 9.55 Å². The Morgan fingerprint density at radius 1 is 1.39 bits per heavy atom. The number of Topliss-reactive ketones (excluding diaryl/α,β-unsaturated/α-hetero) is 1. The Kier molecular flexibility index (Phi) is 4.41. The highest BCUT2D eigenvalue weighted by Gasteiger charge is 2.43. The van der Waals surface area contributed by atoms with Gasteiger partial charge >= 0.3 is 5.97 Å². The number of nitrogens with zero attached hydrogens (tertiary/aromatic N) is 2. The van der Waals surface area contributed by atoms with Gasteiger partial charge in [-0.15, -0.1) is 0 Å². The zero-order valence-electron chi connectivity index (χ0n) is 12.8. The van der Waals surface area contributed by atoms with Crippen LogP contribution in [0.1, 0.15) is 36.2 Å². The molecule has 1 aromatic carbocycles. The van der Waals surface area contributed by atoms with Crippen LogP contribution in [0.2, 0.25) is 0 Å². The molecule has 1 aliphatic rings. The second-order valence-electron chi connectivity index (χ2n) is 5.37. The third-order valence-corrected chi connectivity index (χ3v) is 3.78. The third kappa shape index (κ3) is 2.97. The van der Waals surface area contributed by atoms with Gasteiger partial charge < -0.3 is 14.0 Å². The number of benzene rings is 1. The lowest BCUT2D eigenvalue weighted by atomic mass is 9.95. The average Bonchev–Trinajstić information content (AvgIpc) is 3.09. The fraction of sp³-hybridized carbons (Fsp3) is 0.353. The van der Waals surface area contributed by atoms with E-state index in [1.54, 1.807) is 41.2 Å². The molecule has 3 rings (SSSR count). The molecule has 0 saturated carbocycles. The molecule has 6 heteroatoms. The van der Waals surface area contributed by atoms with Crippen molar-refractivity contribution in [3.63, 3.8) is 0 Å². The van der Waals surface area contributed by atoms with Crippen molar-refractivity contribution in [3.05, 3.63) is 48.5 Å². The van der Waals surface area contributed by atoms with Crippen molar-refractivity contribution in [2.45, 2.75) is 31.9 Å². The summed E-state index contributed by atoms with van der Waals surface area (Å²) >= 11 is 0. The van der Waals surface area contributed by atoms with Crippen LogP contribution in [-0.4, -0.2) is 34.0 Å². The van der Waals surface area contributed by atoms with Gasteiger partial charge in [-0.25, -0.2) is 9.78 Å². The van der Waals surface area contributed by atoms with Gasteiger partial charge in [0.15, 0.2) is 5.78 Å². The van der Waals surface area contributed by atoms with E-state index in [1.807, 2.05) is 6.92 Å². The predicted octanol–water partition coefficient (Wildman–Crippen LogP) is 2.41. The molecule has 0 aliphatic carbocycles. The van der Waals surface area contributed by atoms with Crippen molar-refractivity contribution >= 4 is 11.8 Å². The van der Waals surface area contributed by atoms with E-state index in [0.29, 0.717) is 17.9 Å². The number of esters is 1. The topological polar surface area (TPSA) is 70.4 Å². The van der Waals surface area contributed by atoms with Gasteiger partial charge in [0, 0.05) is 12.4 Å². The van der Waals surface area contributed by atoms with Crippen LogP contribution in [0.3, 0.4) is 0 Å². The Hall–Kier alpha value is -2.63. The summed E-state index contributed by atoms with van der Waals surface area (Å²) in [6.07, 6.45) is 5.40. The van der Waals surface area contributed by atoms with Gasteiger partial charge in [-0.2, -0.15) is 0 Å².